The van der Waals surface area contributed by atoms with E-state index >= 15 is 0 Å². The number of ether oxygens (including phenoxy) is 1. The zero-order valence-corrected chi connectivity index (χ0v) is 9.31. The highest BCUT2D eigenvalue weighted by Gasteiger charge is 2.10. The molecule has 1 aromatic carbocycles. The van der Waals surface area contributed by atoms with E-state index in [1.165, 1.54) is 12.1 Å². The van der Waals surface area contributed by atoms with Crippen LogP contribution < -0.4 is 5.73 Å². The Kier molecular flexibility index (Phi) is 3.34. The number of halogens is 1. The molecule has 0 saturated heterocycles. The molecule has 90 valence electrons. The maximum Gasteiger partial charge on any atom is 0.258 e. The van der Waals surface area contributed by atoms with Crippen LogP contribution in [0.4, 0.5) is 10.1 Å². The predicted octanol–water partition coefficient (Wildman–Crippen LogP) is 1.99. The summed E-state index contributed by atoms with van der Waals surface area (Å²) in [6, 6.07) is 4.33. The predicted molar refractivity (Wildman–Crippen MR) is 59.4 cm³/mol. The van der Waals surface area contributed by atoms with Gasteiger partial charge in [0.05, 0.1) is 5.69 Å². The standard InChI is InChI=1S/C11H12FN3O2/c1-2-16-6-10-14-11(17-15-10)7-3-4-9(13)8(12)5-7/h3-5H,2,6,13H2,1H3. The first-order chi connectivity index (χ1) is 8.20. The van der Waals surface area contributed by atoms with Gasteiger partial charge in [0.15, 0.2) is 5.82 Å². The summed E-state index contributed by atoms with van der Waals surface area (Å²) in [6.45, 7) is 2.72. The van der Waals surface area contributed by atoms with E-state index in [-0.39, 0.29) is 18.2 Å². The van der Waals surface area contributed by atoms with Crippen LogP contribution in [0.3, 0.4) is 0 Å². The van der Waals surface area contributed by atoms with Gasteiger partial charge in [-0.25, -0.2) is 4.39 Å². The molecule has 0 spiro atoms. The van der Waals surface area contributed by atoms with Crippen molar-refractivity contribution < 1.29 is 13.7 Å². The Balaban J connectivity index is 2.21. The lowest BCUT2D eigenvalue weighted by Crippen LogP contribution is -1.94. The van der Waals surface area contributed by atoms with E-state index in [1.54, 1.807) is 6.07 Å². The number of anilines is 1. The highest BCUT2D eigenvalue weighted by molar-refractivity contribution is 5.57. The SMILES string of the molecule is CCOCc1noc(-c2ccc(N)c(F)c2)n1. The van der Waals surface area contributed by atoms with Crippen molar-refractivity contribution in [3.05, 3.63) is 29.8 Å². The van der Waals surface area contributed by atoms with E-state index in [2.05, 4.69) is 10.1 Å². The van der Waals surface area contributed by atoms with Crippen LogP contribution in [0.5, 0.6) is 0 Å². The number of aromatic nitrogens is 2. The van der Waals surface area contributed by atoms with Gasteiger partial charge in [0.1, 0.15) is 12.4 Å². The molecule has 0 aliphatic heterocycles. The van der Waals surface area contributed by atoms with Crippen molar-refractivity contribution in [2.45, 2.75) is 13.5 Å². The number of rotatable bonds is 4. The normalized spacial score (nSPS) is 10.7. The van der Waals surface area contributed by atoms with Gasteiger partial charge < -0.3 is 15.0 Å². The first-order valence-electron chi connectivity index (χ1n) is 5.16. The lowest BCUT2D eigenvalue weighted by atomic mass is 10.2. The maximum absolute atomic E-state index is 13.2. The average molecular weight is 237 g/mol. The number of hydrogen-bond acceptors (Lipinski definition) is 5. The van der Waals surface area contributed by atoms with Crippen LogP contribution in [0.1, 0.15) is 12.7 Å². The monoisotopic (exact) mass is 237 g/mol. The van der Waals surface area contributed by atoms with Gasteiger partial charge in [-0.3, -0.25) is 0 Å². The van der Waals surface area contributed by atoms with E-state index in [0.29, 0.717) is 18.0 Å². The molecular weight excluding hydrogens is 225 g/mol. The van der Waals surface area contributed by atoms with Crippen LogP contribution in [0.2, 0.25) is 0 Å². The Bertz CT molecular complexity index is 513. The molecule has 1 aromatic heterocycles. The highest BCUT2D eigenvalue weighted by atomic mass is 19.1. The molecule has 2 aromatic rings. The van der Waals surface area contributed by atoms with E-state index in [1.807, 2.05) is 6.92 Å². The third-order valence-electron chi connectivity index (χ3n) is 2.15. The second-order valence-electron chi connectivity index (χ2n) is 3.39. The van der Waals surface area contributed by atoms with E-state index in [4.69, 9.17) is 15.0 Å². The van der Waals surface area contributed by atoms with Gasteiger partial charge in [0, 0.05) is 12.2 Å². The van der Waals surface area contributed by atoms with Crippen LogP contribution in [-0.2, 0) is 11.3 Å². The molecule has 5 nitrogen and oxygen atoms in total. The second-order valence-corrected chi connectivity index (χ2v) is 3.39. The second kappa shape index (κ2) is 4.92. The number of benzene rings is 1. The van der Waals surface area contributed by atoms with Crippen molar-refractivity contribution >= 4 is 5.69 Å². The number of hydrogen-bond donors (Lipinski definition) is 1. The fourth-order valence-corrected chi connectivity index (χ4v) is 1.28. The molecule has 0 radical (unpaired) electrons. The molecule has 0 saturated carbocycles. The van der Waals surface area contributed by atoms with Gasteiger partial charge in [-0.05, 0) is 25.1 Å². The van der Waals surface area contributed by atoms with Crippen molar-refractivity contribution in [3.8, 4) is 11.5 Å². The molecule has 0 aliphatic rings. The van der Waals surface area contributed by atoms with Crippen LogP contribution in [0.15, 0.2) is 22.7 Å². The summed E-state index contributed by atoms with van der Waals surface area (Å²) < 4.78 is 23.4. The Hall–Kier alpha value is -1.95. The van der Waals surface area contributed by atoms with Crippen molar-refractivity contribution in [2.24, 2.45) is 0 Å². The number of nitrogen functional groups attached to an aromatic ring is 1. The third-order valence-corrected chi connectivity index (χ3v) is 2.15. The third kappa shape index (κ3) is 2.59. The van der Waals surface area contributed by atoms with E-state index < -0.39 is 5.82 Å². The molecule has 0 atom stereocenters. The molecule has 17 heavy (non-hydrogen) atoms. The van der Waals surface area contributed by atoms with Crippen LogP contribution in [-0.4, -0.2) is 16.7 Å². The highest BCUT2D eigenvalue weighted by Crippen LogP contribution is 2.21. The largest absolute Gasteiger partial charge is 0.396 e. The summed E-state index contributed by atoms with van der Waals surface area (Å²) in [4.78, 5) is 4.08. The van der Waals surface area contributed by atoms with Gasteiger partial charge >= 0.3 is 0 Å². The summed E-state index contributed by atoms with van der Waals surface area (Å²) in [5.74, 6) is 0.171. The zero-order valence-electron chi connectivity index (χ0n) is 9.31. The van der Waals surface area contributed by atoms with Crippen LogP contribution in [0.25, 0.3) is 11.5 Å². The lowest BCUT2D eigenvalue weighted by molar-refractivity contribution is 0.126. The Morgan fingerprint density at radius 3 is 3.00 bits per heavy atom. The first-order valence-corrected chi connectivity index (χ1v) is 5.16. The van der Waals surface area contributed by atoms with Crippen LogP contribution >= 0.6 is 0 Å². The molecule has 0 unspecified atom stereocenters. The minimum absolute atomic E-state index is 0.0859. The maximum atomic E-state index is 13.2. The molecule has 2 N–H and O–H groups in total. The first kappa shape index (κ1) is 11.5. The Labute approximate surface area is 97.4 Å². The molecule has 6 heteroatoms. The van der Waals surface area contributed by atoms with E-state index in [0.717, 1.165) is 0 Å². The summed E-state index contributed by atoms with van der Waals surface area (Å²) in [7, 11) is 0. The van der Waals surface area contributed by atoms with Crippen molar-refractivity contribution in [1.29, 1.82) is 0 Å². The minimum Gasteiger partial charge on any atom is -0.396 e. The fraction of sp³-hybridized carbons (Fsp3) is 0.273. The Morgan fingerprint density at radius 2 is 2.29 bits per heavy atom. The summed E-state index contributed by atoms with van der Waals surface area (Å²) in [5, 5.41) is 3.72. The molecule has 0 amide bonds. The quantitative estimate of drug-likeness (QED) is 0.823. The van der Waals surface area contributed by atoms with Gasteiger partial charge in [-0.2, -0.15) is 4.98 Å². The lowest BCUT2D eigenvalue weighted by Gasteiger charge is -1.97. The Morgan fingerprint density at radius 1 is 1.47 bits per heavy atom. The van der Waals surface area contributed by atoms with Gasteiger partial charge in [0.25, 0.3) is 5.89 Å². The van der Waals surface area contributed by atoms with Crippen LogP contribution in [0, 0.1) is 5.82 Å². The molecular formula is C11H12FN3O2. The molecule has 0 bridgehead atoms. The van der Waals surface area contributed by atoms with Gasteiger partial charge in [-0.1, -0.05) is 5.16 Å². The zero-order chi connectivity index (χ0) is 12.3. The molecule has 0 aliphatic carbocycles. The van der Waals surface area contributed by atoms with Crippen molar-refractivity contribution in [2.75, 3.05) is 12.3 Å². The summed E-state index contributed by atoms with van der Waals surface area (Å²) >= 11 is 0. The van der Waals surface area contributed by atoms with Crippen molar-refractivity contribution in [3.63, 3.8) is 0 Å². The number of nitrogens with zero attached hydrogens (tertiary/aromatic N) is 2. The molecule has 1 heterocycles. The number of nitrogens with two attached hydrogens (primary N) is 1. The minimum atomic E-state index is -0.507. The summed E-state index contributed by atoms with van der Waals surface area (Å²) in [5.41, 5.74) is 5.95. The van der Waals surface area contributed by atoms with Gasteiger partial charge in [0.2, 0.25) is 0 Å². The van der Waals surface area contributed by atoms with E-state index in [9.17, 15) is 4.39 Å². The van der Waals surface area contributed by atoms with Gasteiger partial charge in [-0.15, -0.1) is 0 Å². The molecule has 2 rings (SSSR count). The topological polar surface area (TPSA) is 74.2 Å². The fourth-order valence-electron chi connectivity index (χ4n) is 1.28. The summed E-state index contributed by atoms with van der Waals surface area (Å²) in [6.07, 6.45) is 0. The smallest absolute Gasteiger partial charge is 0.258 e. The molecule has 0 fully saturated rings. The van der Waals surface area contributed by atoms with Crippen molar-refractivity contribution in [1.82, 2.24) is 10.1 Å². The average Bonchev–Trinajstić information content (AvgIpc) is 2.79.